The second kappa shape index (κ2) is 10.7. The van der Waals surface area contributed by atoms with Crippen molar-refractivity contribution in [2.24, 2.45) is 0 Å². The lowest BCUT2D eigenvalue weighted by molar-refractivity contribution is 0.0949. The normalized spacial score (nSPS) is 10.9. The third-order valence-corrected chi connectivity index (χ3v) is 6.71. The van der Waals surface area contributed by atoms with Crippen molar-refractivity contribution < 1.29 is 9.18 Å². The number of halogens is 4. The van der Waals surface area contributed by atoms with Crippen LogP contribution in [0.2, 0.25) is 10.0 Å². The zero-order valence-corrected chi connectivity index (χ0v) is 20.8. The number of aromatic nitrogens is 3. The average Bonchev–Trinajstić information content (AvgIpc) is 3.20. The summed E-state index contributed by atoms with van der Waals surface area (Å²) >= 11 is 17.3. The lowest BCUT2D eigenvalue weighted by Gasteiger charge is -2.13. The molecule has 0 aliphatic heterocycles. The van der Waals surface area contributed by atoms with Crippen LogP contribution in [0.4, 0.5) is 4.39 Å². The minimum Gasteiger partial charge on any atom is -0.345 e. The van der Waals surface area contributed by atoms with E-state index in [-0.39, 0.29) is 18.3 Å². The topological polar surface area (TPSA) is 59.8 Å². The molecule has 0 atom stereocenters. The van der Waals surface area contributed by atoms with Crippen molar-refractivity contribution in [2.45, 2.75) is 17.5 Å². The Morgan fingerprint density at radius 2 is 1.76 bits per heavy atom. The van der Waals surface area contributed by atoms with E-state index in [0.29, 0.717) is 38.0 Å². The highest BCUT2D eigenvalue weighted by atomic mass is 79.9. The molecule has 0 unspecified atom stereocenters. The summed E-state index contributed by atoms with van der Waals surface area (Å²) in [7, 11) is 0. The number of hydrogen-bond donors (Lipinski definition) is 1. The van der Waals surface area contributed by atoms with Gasteiger partial charge >= 0.3 is 0 Å². The van der Waals surface area contributed by atoms with E-state index < -0.39 is 0 Å². The lowest BCUT2D eigenvalue weighted by Crippen LogP contribution is -2.24. The molecule has 1 aromatic heterocycles. The fraction of sp³-hybridized carbons (Fsp3) is 0.0870. The average molecular weight is 566 g/mol. The molecule has 4 rings (SSSR count). The van der Waals surface area contributed by atoms with Crippen LogP contribution in [0, 0.1) is 5.82 Å². The molecule has 33 heavy (non-hydrogen) atoms. The smallest absolute Gasteiger partial charge is 0.251 e. The number of carbonyl (C=O) groups is 1. The maximum Gasteiger partial charge on any atom is 0.251 e. The Balaban J connectivity index is 1.59. The number of rotatable bonds is 7. The summed E-state index contributed by atoms with van der Waals surface area (Å²) in [6.45, 7) is 0.137. The first kappa shape index (κ1) is 23.8. The summed E-state index contributed by atoms with van der Waals surface area (Å²) in [5, 5.41) is 13.0. The van der Waals surface area contributed by atoms with Gasteiger partial charge < -0.3 is 5.32 Å². The lowest BCUT2D eigenvalue weighted by atomic mass is 10.2. The molecule has 0 saturated carbocycles. The Kier molecular flexibility index (Phi) is 7.70. The first-order valence-electron chi connectivity index (χ1n) is 9.71. The van der Waals surface area contributed by atoms with E-state index in [2.05, 4.69) is 31.4 Å². The molecular formula is C23H16BrCl2FN4OS. The Bertz CT molecular complexity index is 1280. The Labute approximate surface area is 212 Å². The van der Waals surface area contributed by atoms with E-state index in [0.717, 1.165) is 10.0 Å². The summed E-state index contributed by atoms with van der Waals surface area (Å²) in [4.78, 5) is 12.6. The van der Waals surface area contributed by atoms with Crippen LogP contribution in [0.25, 0.3) is 5.69 Å². The minimum absolute atomic E-state index is 0.137. The van der Waals surface area contributed by atoms with Gasteiger partial charge in [-0.25, -0.2) is 4.39 Å². The van der Waals surface area contributed by atoms with E-state index in [9.17, 15) is 9.18 Å². The van der Waals surface area contributed by atoms with Crippen LogP contribution in [-0.2, 0) is 12.3 Å². The van der Waals surface area contributed by atoms with Crippen molar-refractivity contribution in [1.29, 1.82) is 0 Å². The van der Waals surface area contributed by atoms with Gasteiger partial charge in [-0.05, 0) is 60.2 Å². The summed E-state index contributed by atoms with van der Waals surface area (Å²) in [5.74, 6) is 0.532. The molecule has 3 aromatic carbocycles. The number of amides is 1. The van der Waals surface area contributed by atoms with Crippen molar-refractivity contribution in [3.63, 3.8) is 0 Å². The first-order valence-corrected chi connectivity index (χ1v) is 12.2. The molecule has 1 amide bonds. The molecule has 4 aromatic rings. The molecular weight excluding hydrogens is 550 g/mol. The van der Waals surface area contributed by atoms with E-state index in [1.807, 2.05) is 0 Å². The third kappa shape index (κ3) is 5.95. The largest absolute Gasteiger partial charge is 0.345 e. The predicted octanol–water partition coefficient (Wildman–Crippen LogP) is 6.70. The molecule has 0 spiro atoms. The molecule has 0 bridgehead atoms. The van der Waals surface area contributed by atoms with E-state index in [1.54, 1.807) is 59.2 Å². The number of benzene rings is 3. The van der Waals surface area contributed by atoms with E-state index >= 15 is 0 Å². The Hall–Kier alpha value is -2.39. The molecule has 0 aliphatic rings. The standard InChI is InChI=1S/C23H16BrCl2FN4OS/c24-16-5-3-15(4-6-16)22(32)28-12-21-29-30-23(33-13-14-1-8-18(27)9-2-14)31(21)20-10-7-17(25)11-19(20)26/h1-11H,12-13H2,(H,28,32). The van der Waals surface area contributed by atoms with E-state index in [4.69, 9.17) is 23.2 Å². The van der Waals surface area contributed by atoms with E-state index in [1.165, 1.54) is 23.9 Å². The zero-order valence-electron chi connectivity index (χ0n) is 16.9. The third-order valence-electron chi connectivity index (χ3n) is 4.65. The van der Waals surface area contributed by atoms with Crippen molar-refractivity contribution in [3.05, 3.63) is 104 Å². The molecule has 0 aliphatic carbocycles. The highest BCUT2D eigenvalue weighted by molar-refractivity contribution is 9.10. The number of nitrogens with zero attached hydrogens (tertiary/aromatic N) is 3. The minimum atomic E-state index is -0.288. The first-order chi connectivity index (χ1) is 15.9. The van der Waals surface area contributed by atoms with Crippen LogP contribution in [0.1, 0.15) is 21.7 Å². The fourth-order valence-corrected chi connectivity index (χ4v) is 4.68. The molecule has 5 nitrogen and oxygen atoms in total. The van der Waals surface area contributed by atoms with Crippen molar-refractivity contribution in [1.82, 2.24) is 20.1 Å². The monoisotopic (exact) mass is 564 g/mol. The van der Waals surface area contributed by atoms with Crippen LogP contribution in [0.15, 0.2) is 76.4 Å². The summed E-state index contributed by atoms with van der Waals surface area (Å²) in [5.41, 5.74) is 2.10. The fourth-order valence-electron chi connectivity index (χ4n) is 3.00. The second-order valence-corrected chi connectivity index (χ2v) is 9.64. The SMILES string of the molecule is O=C(NCc1nnc(SCc2ccc(F)cc2)n1-c1ccc(Cl)cc1Cl)c1ccc(Br)cc1. The van der Waals surface area contributed by atoms with Crippen LogP contribution in [-0.4, -0.2) is 20.7 Å². The predicted molar refractivity (Wildman–Crippen MR) is 133 cm³/mol. The number of thioether (sulfide) groups is 1. The second-order valence-electron chi connectivity index (χ2n) is 6.93. The molecule has 10 heteroatoms. The molecule has 0 saturated heterocycles. The van der Waals surface area contributed by atoms with Crippen molar-refractivity contribution >= 4 is 56.8 Å². The number of carbonyl (C=O) groups excluding carboxylic acids is 1. The van der Waals surface area contributed by atoms with Gasteiger partial charge in [0.15, 0.2) is 11.0 Å². The van der Waals surface area contributed by atoms with Crippen LogP contribution in [0.3, 0.4) is 0 Å². The van der Waals surface area contributed by atoms with Gasteiger partial charge in [0, 0.05) is 20.8 Å². The van der Waals surface area contributed by atoms with Gasteiger partial charge in [0.2, 0.25) is 0 Å². The van der Waals surface area contributed by atoms with Crippen LogP contribution < -0.4 is 5.32 Å². The van der Waals surface area contributed by atoms with Gasteiger partial charge in [-0.1, -0.05) is 63.0 Å². The zero-order chi connectivity index (χ0) is 23.4. The van der Waals surface area contributed by atoms with Gasteiger partial charge in [-0.15, -0.1) is 10.2 Å². The maximum absolute atomic E-state index is 13.2. The molecule has 0 fully saturated rings. The summed E-state index contributed by atoms with van der Waals surface area (Å²) in [6.07, 6.45) is 0. The summed E-state index contributed by atoms with van der Waals surface area (Å²) in [6, 6.07) is 18.5. The van der Waals surface area contributed by atoms with Crippen molar-refractivity contribution in [2.75, 3.05) is 0 Å². The molecule has 168 valence electrons. The van der Waals surface area contributed by atoms with Crippen molar-refractivity contribution in [3.8, 4) is 5.69 Å². The molecule has 1 heterocycles. The van der Waals surface area contributed by atoms with Crippen LogP contribution in [0.5, 0.6) is 0 Å². The quantitative estimate of drug-likeness (QED) is 0.253. The number of nitrogens with one attached hydrogen (secondary N) is 1. The van der Waals surface area contributed by atoms with Gasteiger partial charge in [0.25, 0.3) is 5.91 Å². The summed E-state index contributed by atoms with van der Waals surface area (Å²) < 4.78 is 15.9. The van der Waals surface area contributed by atoms with Crippen LogP contribution >= 0.6 is 50.9 Å². The molecule has 0 radical (unpaired) electrons. The van der Waals surface area contributed by atoms with Gasteiger partial charge in [0.1, 0.15) is 5.82 Å². The van der Waals surface area contributed by atoms with Gasteiger partial charge in [-0.2, -0.15) is 0 Å². The highest BCUT2D eigenvalue weighted by Crippen LogP contribution is 2.30. The van der Waals surface area contributed by atoms with Gasteiger partial charge in [-0.3, -0.25) is 9.36 Å². The van der Waals surface area contributed by atoms with Gasteiger partial charge in [0.05, 0.1) is 17.3 Å². The number of hydrogen-bond acceptors (Lipinski definition) is 4. The highest BCUT2D eigenvalue weighted by Gasteiger charge is 2.18. The maximum atomic E-state index is 13.2. The Morgan fingerprint density at radius 1 is 1.03 bits per heavy atom. The Morgan fingerprint density at radius 3 is 2.45 bits per heavy atom. The molecule has 1 N–H and O–H groups in total.